The van der Waals surface area contributed by atoms with Gasteiger partial charge >= 0.3 is 0 Å². The number of ether oxygens (including phenoxy) is 1. The second kappa shape index (κ2) is 6.23. The third-order valence-electron chi connectivity index (χ3n) is 3.99. The van der Waals surface area contributed by atoms with E-state index in [9.17, 15) is 9.59 Å². The number of fused-ring (bicyclic) bond motifs is 2. The first-order valence-electron chi connectivity index (χ1n) is 7.82. The van der Waals surface area contributed by atoms with E-state index in [1.54, 1.807) is 17.2 Å². The smallest absolute Gasteiger partial charge is 0.270 e. The van der Waals surface area contributed by atoms with Gasteiger partial charge in [-0.15, -0.1) is 0 Å². The molecule has 4 rings (SSSR count). The van der Waals surface area contributed by atoms with Gasteiger partial charge in [0.15, 0.2) is 0 Å². The van der Waals surface area contributed by atoms with Crippen LogP contribution in [0.1, 0.15) is 10.5 Å². The topological polar surface area (TPSA) is 100 Å². The van der Waals surface area contributed by atoms with E-state index >= 15 is 0 Å². The van der Waals surface area contributed by atoms with Crippen LogP contribution in [0.5, 0.6) is 5.75 Å². The number of pyridine rings is 1. The van der Waals surface area contributed by atoms with Gasteiger partial charge in [-0.2, -0.15) is 5.10 Å². The highest BCUT2D eigenvalue weighted by molar-refractivity contribution is 6.01. The van der Waals surface area contributed by atoms with Crippen molar-refractivity contribution in [2.24, 2.45) is 0 Å². The molecule has 3 heterocycles. The summed E-state index contributed by atoms with van der Waals surface area (Å²) in [5.74, 6) is 0.0620. The fraction of sp³-hybridized carbons (Fsp3) is 0.176. The largest absolute Gasteiger partial charge is 0.490 e. The maximum Gasteiger partial charge on any atom is 0.270 e. The van der Waals surface area contributed by atoms with Crippen LogP contribution >= 0.6 is 0 Å². The van der Waals surface area contributed by atoms with E-state index < -0.39 is 5.91 Å². The number of para-hydroxylation sites is 2. The molecule has 2 aromatic heterocycles. The summed E-state index contributed by atoms with van der Waals surface area (Å²) in [5.41, 5.74) is 1.70. The van der Waals surface area contributed by atoms with E-state index in [1.165, 1.54) is 6.20 Å². The monoisotopic (exact) mass is 337 g/mol. The second-order valence-electron chi connectivity index (χ2n) is 5.57. The van der Waals surface area contributed by atoms with Crippen molar-refractivity contribution >= 4 is 28.4 Å². The van der Waals surface area contributed by atoms with Gasteiger partial charge < -0.3 is 15.0 Å². The molecule has 2 amide bonds. The van der Waals surface area contributed by atoms with Crippen LogP contribution in [0.15, 0.2) is 42.7 Å². The summed E-state index contributed by atoms with van der Waals surface area (Å²) in [4.78, 5) is 30.4. The summed E-state index contributed by atoms with van der Waals surface area (Å²) in [7, 11) is 0. The fourth-order valence-electron chi connectivity index (χ4n) is 2.74. The highest BCUT2D eigenvalue weighted by Gasteiger charge is 2.23. The average Bonchev–Trinajstić information content (AvgIpc) is 3.13. The van der Waals surface area contributed by atoms with Crippen molar-refractivity contribution in [3.05, 3.63) is 48.4 Å². The molecule has 0 unspecified atom stereocenters. The zero-order chi connectivity index (χ0) is 17.2. The van der Waals surface area contributed by atoms with Crippen molar-refractivity contribution in [3.63, 3.8) is 0 Å². The van der Waals surface area contributed by atoms with E-state index in [2.05, 4.69) is 20.5 Å². The third kappa shape index (κ3) is 2.89. The average molecular weight is 337 g/mol. The molecule has 2 N–H and O–H groups in total. The molecule has 3 aromatic rings. The zero-order valence-corrected chi connectivity index (χ0v) is 13.2. The predicted octanol–water partition coefficient (Wildman–Crippen LogP) is 1.11. The number of rotatable bonds is 3. The zero-order valence-electron chi connectivity index (χ0n) is 13.2. The molecule has 0 saturated heterocycles. The van der Waals surface area contributed by atoms with Gasteiger partial charge in [0, 0.05) is 5.39 Å². The van der Waals surface area contributed by atoms with Gasteiger partial charge in [-0.3, -0.25) is 14.7 Å². The molecule has 0 atom stereocenters. The lowest BCUT2D eigenvalue weighted by Crippen LogP contribution is -2.44. The summed E-state index contributed by atoms with van der Waals surface area (Å²) in [6.07, 6.45) is 3.15. The van der Waals surface area contributed by atoms with Crippen LogP contribution in [-0.2, 0) is 4.79 Å². The number of nitrogens with one attached hydrogen (secondary N) is 2. The molecule has 0 fully saturated rings. The molecule has 1 aliphatic heterocycles. The normalized spacial score (nSPS) is 13.2. The van der Waals surface area contributed by atoms with Crippen molar-refractivity contribution < 1.29 is 14.3 Å². The van der Waals surface area contributed by atoms with Crippen LogP contribution in [0.2, 0.25) is 0 Å². The van der Waals surface area contributed by atoms with Gasteiger partial charge in [-0.25, -0.2) is 4.98 Å². The fourth-order valence-corrected chi connectivity index (χ4v) is 2.74. The predicted molar refractivity (Wildman–Crippen MR) is 90.5 cm³/mol. The number of aromatic amines is 1. The molecule has 1 aliphatic rings. The van der Waals surface area contributed by atoms with Gasteiger partial charge in [0.2, 0.25) is 5.91 Å². The van der Waals surface area contributed by atoms with Crippen molar-refractivity contribution in [2.75, 3.05) is 24.6 Å². The summed E-state index contributed by atoms with van der Waals surface area (Å²) < 4.78 is 5.53. The van der Waals surface area contributed by atoms with Crippen molar-refractivity contribution in [3.8, 4) is 5.75 Å². The van der Waals surface area contributed by atoms with Crippen LogP contribution in [0.25, 0.3) is 10.9 Å². The molecule has 0 aliphatic carbocycles. The Hall–Kier alpha value is -3.42. The molecule has 8 heteroatoms. The minimum atomic E-state index is -0.405. The molecular formula is C17H15N5O3. The van der Waals surface area contributed by atoms with E-state index in [1.807, 2.05) is 24.3 Å². The maximum atomic E-state index is 12.5. The van der Waals surface area contributed by atoms with Gasteiger partial charge in [-0.1, -0.05) is 12.1 Å². The Morgan fingerprint density at radius 2 is 2.16 bits per heavy atom. The number of nitrogens with zero attached hydrogens (tertiary/aromatic N) is 3. The molecule has 25 heavy (non-hydrogen) atoms. The van der Waals surface area contributed by atoms with Crippen molar-refractivity contribution in [1.29, 1.82) is 0 Å². The lowest BCUT2D eigenvalue weighted by Gasteiger charge is -2.29. The Balaban J connectivity index is 1.44. The van der Waals surface area contributed by atoms with Gasteiger partial charge in [0.05, 0.1) is 36.7 Å². The number of anilines is 1. The Bertz CT molecular complexity index is 952. The van der Waals surface area contributed by atoms with E-state index in [0.717, 1.165) is 10.9 Å². The molecule has 1 aromatic carbocycles. The first kappa shape index (κ1) is 15.1. The lowest BCUT2D eigenvalue weighted by molar-refractivity contribution is -0.117. The van der Waals surface area contributed by atoms with Crippen LogP contribution in [-0.4, -0.2) is 46.7 Å². The van der Waals surface area contributed by atoms with Crippen LogP contribution in [0.3, 0.4) is 0 Å². The highest BCUT2D eigenvalue weighted by Crippen LogP contribution is 2.30. The van der Waals surface area contributed by atoms with Gasteiger partial charge in [-0.05, 0) is 18.2 Å². The Labute approximate surface area is 142 Å². The number of hydrogen-bond donors (Lipinski definition) is 2. The molecule has 0 bridgehead atoms. The number of hydrogen-bond acceptors (Lipinski definition) is 5. The summed E-state index contributed by atoms with van der Waals surface area (Å²) in [6.45, 7) is 0.763. The third-order valence-corrected chi connectivity index (χ3v) is 3.99. The summed E-state index contributed by atoms with van der Waals surface area (Å²) >= 11 is 0. The molecule has 0 saturated carbocycles. The van der Waals surface area contributed by atoms with Crippen LogP contribution in [0.4, 0.5) is 5.69 Å². The first-order valence-corrected chi connectivity index (χ1v) is 7.82. The minimum absolute atomic E-state index is 0.113. The molecule has 0 spiro atoms. The van der Waals surface area contributed by atoms with Crippen LogP contribution in [0, 0.1) is 0 Å². The first-order chi connectivity index (χ1) is 12.2. The van der Waals surface area contributed by atoms with Crippen molar-refractivity contribution in [2.45, 2.75) is 0 Å². The quantitative estimate of drug-likeness (QED) is 0.746. The molecule has 8 nitrogen and oxygen atoms in total. The number of amides is 2. The summed E-state index contributed by atoms with van der Waals surface area (Å²) in [6, 6.07) is 8.96. The number of benzene rings is 1. The number of aromatic nitrogens is 3. The Morgan fingerprint density at radius 1 is 1.28 bits per heavy atom. The molecular weight excluding hydrogens is 322 g/mol. The van der Waals surface area contributed by atoms with E-state index in [4.69, 9.17) is 4.74 Å². The number of H-pyrrole nitrogens is 1. The lowest BCUT2D eigenvalue weighted by atomic mass is 10.2. The van der Waals surface area contributed by atoms with Crippen molar-refractivity contribution in [1.82, 2.24) is 20.5 Å². The standard InChI is InChI=1S/C17H15N5O3/c23-16(22-5-6-25-15-4-2-1-3-14(15)22)10-19-17(24)12-7-11-8-20-21-13(11)9-18-12/h1-4,7-9H,5-6,10H2,(H,19,24)(H,20,21). The number of carbonyl (C=O) groups is 2. The van der Waals surface area contributed by atoms with E-state index in [-0.39, 0.29) is 18.1 Å². The van der Waals surface area contributed by atoms with Crippen LogP contribution < -0.4 is 15.0 Å². The second-order valence-corrected chi connectivity index (χ2v) is 5.57. The SMILES string of the molecule is O=C(NCC(=O)N1CCOc2ccccc21)c1cc2cn[nH]c2cn1. The van der Waals surface area contributed by atoms with Gasteiger partial charge in [0.1, 0.15) is 18.1 Å². The molecule has 0 radical (unpaired) electrons. The van der Waals surface area contributed by atoms with E-state index in [0.29, 0.717) is 24.6 Å². The summed E-state index contributed by atoms with van der Waals surface area (Å²) in [5, 5.41) is 10.1. The number of carbonyl (C=O) groups excluding carboxylic acids is 2. The highest BCUT2D eigenvalue weighted by atomic mass is 16.5. The Kier molecular flexibility index (Phi) is 3.77. The molecule has 126 valence electrons. The van der Waals surface area contributed by atoms with Gasteiger partial charge in [0.25, 0.3) is 5.91 Å². The minimum Gasteiger partial charge on any atom is -0.490 e. The maximum absolute atomic E-state index is 12.5. The Morgan fingerprint density at radius 3 is 3.08 bits per heavy atom.